The molecule has 2 N–H and O–H groups in total. The highest BCUT2D eigenvalue weighted by atomic mass is 16.5. The van der Waals surface area contributed by atoms with Crippen molar-refractivity contribution in [1.29, 1.82) is 0 Å². The molecule has 2 rings (SSSR count). The van der Waals surface area contributed by atoms with Gasteiger partial charge in [0.25, 0.3) is 0 Å². The molecule has 2 amide bonds. The van der Waals surface area contributed by atoms with Crippen LogP contribution in [0.25, 0.3) is 0 Å². The summed E-state index contributed by atoms with van der Waals surface area (Å²) in [5.74, 6) is -0.283. The van der Waals surface area contributed by atoms with Crippen molar-refractivity contribution in [3.8, 4) is 5.75 Å². The van der Waals surface area contributed by atoms with Gasteiger partial charge in [-0.3, -0.25) is 9.59 Å². The summed E-state index contributed by atoms with van der Waals surface area (Å²) in [7, 11) is 0. The lowest BCUT2D eigenvalue weighted by atomic mass is 10.2. The maximum Gasteiger partial charge on any atom is 0.249 e. The molecule has 0 radical (unpaired) electrons. The Hall–Kier alpha value is -3.41. The fraction of sp³-hybridized carbons (Fsp3) is 0.150. The summed E-state index contributed by atoms with van der Waals surface area (Å²) >= 11 is 0. The highest BCUT2D eigenvalue weighted by molar-refractivity contribution is 6.03. The minimum Gasteiger partial charge on any atom is -0.489 e. The molecule has 6 heteroatoms. The van der Waals surface area contributed by atoms with Gasteiger partial charge in [-0.2, -0.15) is 5.10 Å². The molecule has 0 saturated carbocycles. The highest BCUT2D eigenvalue weighted by Gasteiger charge is 2.09. The molecule has 26 heavy (non-hydrogen) atoms. The second kappa shape index (κ2) is 9.78. The van der Waals surface area contributed by atoms with Crippen LogP contribution < -0.4 is 15.5 Å². The van der Waals surface area contributed by atoms with Crippen LogP contribution >= 0.6 is 0 Å². The van der Waals surface area contributed by atoms with Gasteiger partial charge in [0.1, 0.15) is 18.8 Å². The number of benzene rings is 2. The molecule has 0 bridgehead atoms. The molecule has 2 aromatic rings. The van der Waals surface area contributed by atoms with Crippen LogP contribution in [-0.2, 0) is 9.59 Å². The maximum atomic E-state index is 11.9. The zero-order valence-corrected chi connectivity index (χ0v) is 14.6. The summed E-state index contributed by atoms with van der Waals surface area (Å²) in [6, 6.07) is 14.6. The molecule has 0 aliphatic rings. The molecule has 0 saturated heterocycles. The van der Waals surface area contributed by atoms with Crippen LogP contribution in [0.2, 0.25) is 0 Å². The van der Waals surface area contributed by atoms with Crippen molar-refractivity contribution < 1.29 is 14.3 Å². The fourth-order valence-corrected chi connectivity index (χ4v) is 2.07. The second-order valence-electron chi connectivity index (χ2n) is 5.52. The Morgan fingerprint density at radius 3 is 2.58 bits per heavy atom. The van der Waals surface area contributed by atoms with Crippen LogP contribution in [0.4, 0.5) is 5.69 Å². The van der Waals surface area contributed by atoms with E-state index in [1.807, 2.05) is 31.2 Å². The van der Waals surface area contributed by atoms with Crippen molar-refractivity contribution in [1.82, 2.24) is 5.43 Å². The number of para-hydroxylation sites is 1. The van der Waals surface area contributed by atoms with Gasteiger partial charge in [0.05, 0.1) is 6.21 Å². The van der Waals surface area contributed by atoms with Crippen molar-refractivity contribution in [3.05, 3.63) is 72.3 Å². The molecule has 0 spiro atoms. The lowest BCUT2D eigenvalue weighted by Crippen LogP contribution is -2.24. The van der Waals surface area contributed by atoms with Crippen LogP contribution in [0, 0.1) is 6.92 Å². The first-order valence-electron chi connectivity index (χ1n) is 8.09. The summed E-state index contributed by atoms with van der Waals surface area (Å²) in [4.78, 5) is 23.7. The molecule has 0 fully saturated rings. The number of hydrogen-bond acceptors (Lipinski definition) is 4. The number of hydrazone groups is 1. The van der Waals surface area contributed by atoms with Crippen LogP contribution in [0.5, 0.6) is 5.75 Å². The van der Waals surface area contributed by atoms with Gasteiger partial charge >= 0.3 is 0 Å². The van der Waals surface area contributed by atoms with Crippen molar-refractivity contribution in [3.63, 3.8) is 0 Å². The Labute approximate surface area is 152 Å². The average molecular weight is 351 g/mol. The van der Waals surface area contributed by atoms with Crippen LogP contribution in [-0.4, -0.2) is 24.6 Å². The average Bonchev–Trinajstić information content (AvgIpc) is 2.62. The molecular formula is C20H21N3O3. The van der Waals surface area contributed by atoms with Crippen LogP contribution in [0.3, 0.4) is 0 Å². The summed E-state index contributed by atoms with van der Waals surface area (Å²) in [5, 5.41) is 6.53. The van der Waals surface area contributed by atoms with E-state index in [0.29, 0.717) is 23.6 Å². The molecule has 0 aromatic heterocycles. The first-order valence-corrected chi connectivity index (χ1v) is 8.09. The second-order valence-corrected chi connectivity index (χ2v) is 5.52. The van der Waals surface area contributed by atoms with E-state index in [4.69, 9.17) is 4.74 Å². The van der Waals surface area contributed by atoms with Crippen molar-refractivity contribution in [2.45, 2.75) is 13.3 Å². The van der Waals surface area contributed by atoms with E-state index in [9.17, 15) is 9.59 Å². The number of hydrogen-bond donors (Lipinski definition) is 2. The van der Waals surface area contributed by atoms with E-state index in [1.54, 1.807) is 30.3 Å². The Kier molecular flexibility index (Phi) is 7.12. The Morgan fingerprint density at radius 2 is 1.85 bits per heavy atom. The molecular weight excluding hydrogens is 330 g/mol. The zero-order valence-electron chi connectivity index (χ0n) is 14.6. The smallest absolute Gasteiger partial charge is 0.249 e. The molecule has 2 aromatic carbocycles. The number of aryl methyl sites for hydroxylation is 1. The number of ether oxygens (including phenoxy) is 1. The number of nitrogens with one attached hydrogen (secondary N) is 2. The van der Waals surface area contributed by atoms with Crippen molar-refractivity contribution in [2.24, 2.45) is 5.10 Å². The van der Waals surface area contributed by atoms with Crippen LogP contribution in [0.1, 0.15) is 17.5 Å². The van der Waals surface area contributed by atoms with Crippen LogP contribution in [0.15, 0.2) is 66.3 Å². The van der Waals surface area contributed by atoms with Gasteiger partial charge < -0.3 is 10.1 Å². The summed E-state index contributed by atoms with van der Waals surface area (Å²) in [5.41, 5.74) is 4.78. The quantitative estimate of drug-likeness (QED) is 0.332. The molecule has 0 unspecified atom stereocenters. The Bertz CT molecular complexity index is 798. The molecule has 6 nitrogen and oxygen atoms in total. The molecule has 0 aliphatic carbocycles. The maximum absolute atomic E-state index is 11.9. The zero-order chi connectivity index (χ0) is 18.8. The van der Waals surface area contributed by atoms with Gasteiger partial charge in [-0.05, 0) is 31.2 Å². The van der Waals surface area contributed by atoms with Gasteiger partial charge in [-0.25, -0.2) is 5.43 Å². The lowest BCUT2D eigenvalue weighted by Gasteiger charge is -2.06. The monoisotopic (exact) mass is 351 g/mol. The van der Waals surface area contributed by atoms with E-state index in [1.165, 1.54) is 6.21 Å². The molecule has 134 valence electrons. The van der Waals surface area contributed by atoms with Crippen molar-refractivity contribution in [2.75, 3.05) is 11.9 Å². The largest absolute Gasteiger partial charge is 0.489 e. The predicted octanol–water partition coefficient (Wildman–Crippen LogP) is 3.04. The van der Waals surface area contributed by atoms with Gasteiger partial charge in [-0.1, -0.05) is 42.5 Å². The Balaban J connectivity index is 1.84. The molecule has 0 atom stereocenters. The predicted molar refractivity (Wildman–Crippen MR) is 102 cm³/mol. The lowest BCUT2D eigenvalue weighted by molar-refractivity contribution is -0.126. The number of rotatable bonds is 8. The first-order chi connectivity index (χ1) is 12.6. The third-order valence-electron chi connectivity index (χ3n) is 3.33. The van der Waals surface area contributed by atoms with E-state index in [-0.39, 0.29) is 6.42 Å². The third-order valence-corrected chi connectivity index (χ3v) is 3.33. The number of carbonyl (C=O) groups is 2. The van der Waals surface area contributed by atoms with E-state index >= 15 is 0 Å². The number of carbonyl (C=O) groups excluding carboxylic acids is 2. The minimum absolute atomic E-state index is 0.320. The van der Waals surface area contributed by atoms with E-state index in [0.717, 1.165) is 5.56 Å². The third kappa shape index (κ3) is 6.24. The van der Waals surface area contributed by atoms with Gasteiger partial charge in [-0.15, -0.1) is 0 Å². The number of nitrogens with zero attached hydrogens (tertiary/aromatic N) is 1. The summed E-state index contributed by atoms with van der Waals surface area (Å²) in [6.45, 7) is 5.93. The first kappa shape index (κ1) is 18.9. The standard InChI is InChI=1S/C20H21N3O3/c1-3-12-26-18-7-5-4-6-16(18)14-21-23-20(25)13-19(24)22-17-10-8-15(2)9-11-17/h3-11,14H,1,12-13H2,2H3,(H,22,24)(H,23,25). The van der Waals surface area contributed by atoms with Crippen molar-refractivity contribution >= 4 is 23.7 Å². The molecule has 0 heterocycles. The fourth-order valence-electron chi connectivity index (χ4n) is 2.07. The minimum atomic E-state index is -0.504. The SMILES string of the molecule is C=CCOc1ccccc1C=NNC(=O)CC(=O)Nc1ccc(C)cc1. The number of amides is 2. The Morgan fingerprint density at radius 1 is 1.12 bits per heavy atom. The topological polar surface area (TPSA) is 79.8 Å². The highest BCUT2D eigenvalue weighted by Crippen LogP contribution is 2.15. The van der Waals surface area contributed by atoms with Gasteiger partial charge in [0.2, 0.25) is 11.8 Å². The van der Waals surface area contributed by atoms with E-state index < -0.39 is 11.8 Å². The van der Waals surface area contributed by atoms with Gasteiger partial charge in [0.15, 0.2) is 0 Å². The normalized spacial score (nSPS) is 10.3. The van der Waals surface area contributed by atoms with E-state index in [2.05, 4.69) is 22.4 Å². The summed E-state index contributed by atoms with van der Waals surface area (Å²) < 4.78 is 5.50. The number of anilines is 1. The van der Waals surface area contributed by atoms with Gasteiger partial charge in [0, 0.05) is 11.3 Å². The summed E-state index contributed by atoms with van der Waals surface area (Å²) in [6.07, 6.45) is 2.79. The molecule has 0 aliphatic heterocycles.